The topological polar surface area (TPSA) is 72.6 Å². The number of aliphatic hydroxyl groups excluding tert-OH is 1. The van der Waals surface area contributed by atoms with E-state index in [1.165, 1.54) is 0 Å². The van der Waals surface area contributed by atoms with E-state index in [1.807, 2.05) is 5.73 Å². The highest BCUT2D eigenvalue weighted by molar-refractivity contribution is 5.93. The van der Waals surface area contributed by atoms with Crippen LogP contribution >= 0.6 is 0 Å². The molecule has 0 aliphatic heterocycles. The molecular formula is C16H7F6NO3. The molecule has 4 nitrogen and oxygen atoms in total. The largest absolute Gasteiger partial charge is 0.448 e. The molecule has 1 atom stereocenters. The zero-order valence-electron chi connectivity index (χ0n) is 12.4. The summed E-state index contributed by atoms with van der Waals surface area (Å²) >= 11 is 0. The van der Waals surface area contributed by atoms with Crippen LogP contribution in [-0.4, -0.2) is 29.2 Å². The number of fused-ring (bicyclic) bond motifs is 1. The molecule has 1 saturated carbocycles. The molecule has 1 amide bonds. The van der Waals surface area contributed by atoms with Gasteiger partial charge in [0.25, 0.3) is 0 Å². The second kappa shape index (κ2) is 5.54. The van der Waals surface area contributed by atoms with E-state index in [-0.39, 0.29) is 5.56 Å². The average Bonchev–Trinajstić information content (AvgIpc) is 2.52. The first kappa shape index (κ1) is 17.9. The van der Waals surface area contributed by atoms with E-state index in [4.69, 9.17) is 10.5 Å². The van der Waals surface area contributed by atoms with Gasteiger partial charge in [-0.2, -0.15) is 22.0 Å². The standard InChI is InChI=1S/C16H7F6NO3/c17-7-3-6(14(23)25)4-8(5-7)26-10-2-1-9-11(12(10)16(20,21)22)13(24)15(9,18)19/h3-5,13,24H,(H2,23,25). The number of nitrogens with two attached hydrogens (primary N) is 1. The fraction of sp³-hybridized carbons (Fsp3) is 0.188. The lowest BCUT2D eigenvalue weighted by Gasteiger charge is -2.39. The molecule has 0 heterocycles. The van der Waals surface area contributed by atoms with E-state index in [0.717, 1.165) is 12.1 Å². The van der Waals surface area contributed by atoms with E-state index in [2.05, 4.69) is 0 Å². The Bertz CT molecular complexity index is 963. The van der Waals surface area contributed by atoms with Crippen LogP contribution in [0.5, 0.6) is 5.75 Å². The van der Waals surface area contributed by atoms with Gasteiger partial charge in [-0.1, -0.05) is 5.73 Å². The minimum atomic E-state index is -5.18. The van der Waals surface area contributed by atoms with Crippen molar-refractivity contribution in [3.05, 3.63) is 63.5 Å². The van der Waals surface area contributed by atoms with Gasteiger partial charge < -0.3 is 15.6 Å². The van der Waals surface area contributed by atoms with Crippen molar-refractivity contribution in [2.24, 2.45) is 5.73 Å². The van der Waals surface area contributed by atoms with E-state index >= 15 is 0 Å². The maximum absolute atomic E-state index is 13.5. The first-order chi connectivity index (χ1) is 11.9. The van der Waals surface area contributed by atoms with Crippen LogP contribution in [0.15, 0.2) is 52.1 Å². The van der Waals surface area contributed by atoms with Crippen LogP contribution in [-0.2, 0) is 0 Å². The van der Waals surface area contributed by atoms with Gasteiger partial charge in [-0.05, 0) is 17.9 Å². The molecular weight excluding hydrogens is 368 g/mol. The van der Waals surface area contributed by atoms with Crippen LogP contribution in [0.25, 0.3) is 0 Å². The molecule has 1 fully saturated rings. The van der Waals surface area contributed by atoms with Crippen LogP contribution in [0.3, 0.4) is 0 Å². The summed E-state index contributed by atoms with van der Waals surface area (Å²) in [5.41, 5.74) is 4.28. The van der Waals surface area contributed by atoms with Crippen molar-refractivity contribution >= 4 is 5.91 Å². The van der Waals surface area contributed by atoms with E-state index in [9.17, 15) is 36.2 Å². The lowest BCUT2D eigenvalue weighted by Crippen LogP contribution is -2.51. The smallest absolute Gasteiger partial charge is 0.421 e. The number of hydrogen-bond acceptors (Lipinski definition) is 3. The van der Waals surface area contributed by atoms with Crippen LogP contribution in [0.2, 0.25) is 0 Å². The number of amides is 1. The molecule has 1 unspecified atom stereocenters. The van der Waals surface area contributed by atoms with Gasteiger partial charge in [0, 0.05) is 17.2 Å². The van der Waals surface area contributed by atoms with Gasteiger partial charge in [-0.25, -0.2) is 4.39 Å². The Morgan fingerprint density at radius 2 is 1.88 bits per heavy atom. The molecule has 0 spiro atoms. The molecule has 136 valence electrons. The Kier molecular flexibility index (Phi) is 3.81. The van der Waals surface area contributed by atoms with Crippen LogP contribution in [0, 0.1) is 5.82 Å². The first-order valence-electron chi connectivity index (χ1n) is 6.85. The van der Waals surface area contributed by atoms with E-state index in [1.54, 1.807) is 5.73 Å². The van der Waals surface area contributed by atoms with Gasteiger partial charge in [0.15, 0.2) is 5.76 Å². The summed E-state index contributed by atoms with van der Waals surface area (Å²) in [6.45, 7) is 0. The van der Waals surface area contributed by atoms with Gasteiger partial charge in [-0.15, -0.1) is 0 Å². The van der Waals surface area contributed by atoms with E-state index < -0.39 is 58.2 Å². The predicted molar refractivity (Wildman–Crippen MR) is 73.6 cm³/mol. The number of primary amides is 1. The number of alkyl halides is 5. The number of hydrogen-bond donors (Lipinski definition) is 2. The third kappa shape index (κ3) is 2.70. The van der Waals surface area contributed by atoms with Gasteiger partial charge in [0.05, 0.1) is 5.57 Å². The lowest BCUT2D eigenvalue weighted by molar-refractivity contribution is -0.112. The number of carbonyl (C=O) groups is 1. The van der Waals surface area contributed by atoms with Crippen molar-refractivity contribution in [3.8, 4) is 5.75 Å². The van der Waals surface area contributed by atoms with Crippen molar-refractivity contribution in [1.82, 2.24) is 0 Å². The fourth-order valence-electron chi connectivity index (χ4n) is 2.51. The molecule has 1 aromatic rings. The summed E-state index contributed by atoms with van der Waals surface area (Å²) in [5, 5.41) is 9.36. The second-order valence-electron chi connectivity index (χ2n) is 5.41. The maximum Gasteiger partial charge on any atom is 0.421 e. The number of aliphatic hydroxyl groups is 1. The molecule has 10 heteroatoms. The van der Waals surface area contributed by atoms with Crippen molar-refractivity contribution in [3.63, 3.8) is 0 Å². The molecule has 0 saturated heterocycles. The van der Waals surface area contributed by atoms with Crippen LogP contribution < -0.4 is 10.5 Å². The van der Waals surface area contributed by atoms with Crippen molar-refractivity contribution < 1.29 is 41.0 Å². The summed E-state index contributed by atoms with van der Waals surface area (Å²) in [7, 11) is 0. The van der Waals surface area contributed by atoms with Gasteiger partial charge in [0.1, 0.15) is 23.2 Å². The SMILES string of the molecule is NC(=O)c1cc(F)cc(OC2=C=C=C3C(=C2C(F)(F)F)C(O)C3(F)F)c1. The summed E-state index contributed by atoms with van der Waals surface area (Å²) in [5.74, 6) is -7.64. The maximum atomic E-state index is 13.5. The van der Waals surface area contributed by atoms with Gasteiger partial charge in [-0.3, -0.25) is 4.79 Å². The minimum absolute atomic E-state index is 0.381. The number of halogens is 6. The highest BCUT2D eigenvalue weighted by atomic mass is 19.4. The predicted octanol–water partition coefficient (Wildman–Crippen LogP) is 2.75. The van der Waals surface area contributed by atoms with Crippen molar-refractivity contribution in [2.75, 3.05) is 0 Å². The van der Waals surface area contributed by atoms with Gasteiger partial charge in [0.2, 0.25) is 5.91 Å². The minimum Gasteiger partial charge on any atom is -0.448 e. The Balaban J connectivity index is 2.12. The zero-order valence-corrected chi connectivity index (χ0v) is 12.4. The van der Waals surface area contributed by atoms with Crippen molar-refractivity contribution in [2.45, 2.75) is 18.2 Å². The third-order valence-electron chi connectivity index (χ3n) is 3.68. The number of allylic oxidation sites excluding steroid dienone is 1. The molecule has 1 aromatic carbocycles. The van der Waals surface area contributed by atoms with Crippen molar-refractivity contribution in [1.29, 1.82) is 0 Å². The monoisotopic (exact) mass is 375 g/mol. The number of benzene rings is 1. The Hall–Kier alpha value is -2.93. The molecule has 0 bridgehead atoms. The molecule has 3 N–H and O–H groups in total. The lowest BCUT2D eigenvalue weighted by atomic mass is 9.74. The second-order valence-corrected chi connectivity index (χ2v) is 5.41. The summed E-state index contributed by atoms with van der Waals surface area (Å²) in [6.07, 6.45) is -7.88. The Morgan fingerprint density at radius 3 is 2.46 bits per heavy atom. The summed E-state index contributed by atoms with van der Waals surface area (Å²) in [6, 6.07) is 2.26. The van der Waals surface area contributed by atoms with E-state index in [0.29, 0.717) is 6.07 Å². The Morgan fingerprint density at radius 1 is 1.23 bits per heavy atom. The molecule has 0 aromatic heterocycles. The normalized spacial score (nSPS) is 20.8. The molecule has 2 aliphatic rings. The molecule has 2 aliphatic carbocycles. The number of carbonyl (C=O) groups excluding carboxylic acids is 1. The highest BCUT2D eigenvalue weighted by Gasteiger charge is 2.62. The highest BCUT2D eigenvalue weighted by Crippen LogP contribution is 2.53. The Labute approximate surface area is 141 Å². The number of ether oxygens (including phenoxy) is 1. The zero-order chi connectivity index (χ0) is 19.4. The summed E-state index contributed by atoms with van der Waals surface area (Å²) in [4.78, 5) is 11.1. The molecule has 3 rings (SSSR count). The van der Waals surface area contributed by atoms with Crippen LogP contribution in [0.1, 0.15) is 10.4 Å². The fourth-order valence-corrected chi connectivity index (χ4v) is 2.51. The number of rotatable bonds is 3. The molecule has 26 heavy (non-hydrogen) atoms. The summed E-state index contributed by atoms with van der Waals surface area (Å²) < 4.78 is 85.2. The molecule has 0 radical (unpaired) electrons. The quantitative estimate of drug-likeness (QED) is 0.630. The van der Waals surface area contributed by atoms with Gasteiger partial charge >= 0.3 is 12.1 Å². The first-order valence-corrected chi connectivity index (χ1v) is 6.85. The van der Waals surface area contributed by atoms with Crippen LogP contribution in [0.4, 0.5) is 26.3 Å². The average molecular weight is 375 g/mol. The third-order valence-corrected chi connectivity index (χ3v) is 3.68.